The summed E-state index contributed by atoms with van der Waals surface area (Å²) >= 11 is 0. The van der Waals surface area contributed by atoms with Gasteiger partial charge in [0, 0.05) is 12.6 Å². The molecule has 2 saturated heterocycles. The average Bonchev–Trinajstić information content (AvgIpc) is 2.92. The van der Waals surface area contributed by atoms with E-state index in [9.17, 15) is 19.5 Å². The summed E-state index contributed by atoms with van der Waals surface area (Å²) in [6.45, 7) is 0.604. The zero-order chi connectivity index (χ0) is 17.8. The predicted molar refractivity (Wildman–Crippen MR) is 90.9 cm³/mol. The van der Waals surface area contributed by atoms with E-state index in [4.69, 9.17) is 0 Å². The number of hydrogen-bond acceptors (Lipinski definition) is 4. The average molecular weight is 345 g/mol. The van der Waals surface area contributed by atoms with Crippen molar-refractivity contribution in [2.45, 2.75) is 38.1 Å². The van der Waals surface area contributed by atoms with Gasteiger partial charge in [0.15, 0.2) is 0 Å². The van der Waals surface area contributed by atoms with E-state index in [0.29, 0.717) is 6.54 Å². The van der Waals surface area contributed by atoms with E-state index >= 15 is 0 Å². The molecule has 1 aromatic rings. The molecular weight excluding hydrogens is 322 g/mol. The smallest absolute Gasteiger partial charge is 0.325 e. The number of nitrogens with one attached hydrogen (secondary N) is 1. The second-order valence-electron chi connectivity index (χ2n) is 6.65. The summed E-state index contributed by atoms with van der Waals surface area (Å²) in [4.78, 5) is 38.6. The van der Waals surface area contributed by atoms with Crippen molar-refractivity contribution in [1.82, 2.24) is 15.1 Å². The molecule has 0 aliphatic carbocycles. The molecule has 2 aliphatic rings. The molecule has 2 N–H and O–H groups in total. The van der Waals surface area contributed by atoms with E-state index < -0.39 is 6.03 Å². The Balaban J connectivity index is 1.58. The molecule has 2 heterocycles. The second-order valence-corrected chi connectivity index (χ2v) is 6.65. The fourth-order valence-electron chi connectivity index (χ4n) is 3.49. The molecule has 2 fully saturated rings. The van der Waals surface area contributed by atoms with Crippen molar-refractivity contribution in [1.29, 1.82) is 0 Å². The monoisotopic (exact) mass is 345 g/mol. The first kappa shape index (κ1) is 17.3. The molecule has 134 valence electrons. The van der Waals surface area contributed by atoms with Crippen molar-refractivity contribution in [3.8, 4) is 5.75 Å². The lowest BCUT2D eigenvalue weighted by atomic mass is 9.95. The standard InChI is InChI=1S/C18H23N3O4/c22-15-8-5-13(6-9-15)4-7-14-3-1-2-10-21(14)17(24)12-20-11-16(23)19-18(20)25/h5-6,8-9,14,22H,1-4,7,10-12H2,(H,19,23,25)/t14-/m1/s1. The number of urea groups is 1. The summed E-state index contributed by atoms with van der Waals surface area (Å²) in [5.74, 6) is -0.211. The van der Waals surface area contributed by atoms with Gasteiger partial charge in [-0.15, -0.1) is 0 Å². The zero-order valence-electron chi connectivity index (χ0n) is 14.1. The Labute approximate surface area is 146 Å². The lowest BCUT2D eigenvalue weighted by Crippen LogP contribution is -2.48. The van der Waals surface area contributed by atoms with Crippen LogP contribution in [0.1, 0.15) is 31.2 Å². The van der Waals surface area contributed by atoms with Gasteiger partial charge in [-0.05, 0) is 49.8 Å². The largest absolute Gasteiger partial charge is 0.508 e. The van der Waals surface area contributed by atoms with Gasteiger partial charge in [0.25, 0.3) is 0 Å². The number of piperidine rings is 1. The summed E-state index contributed by atoms with van der Waals surface area (Å²) < 4.78 is 0. The molecule has 4 amide bonds. The molecule has 2 aliphatic heterocycles. The van der Waals surface area contributed by atoms with Gasteiger partial charge in [-0.2, -0.15) is 0 Å². The SMILES string of the molecule is O=C1CN(CC(=O)N2CCCC[C@@H]2CCc2ccc(O)cc2)C(=O)N1. The molecule has 3 rings (SSSR count). The van der Waals surface area contributed by atoms with Crippen LogP contribution in [0, 0.1) is 0 Å². The normalized spacial score (nSPS) is 20.7. The highest BCUT2D eigenvalue weighted by atomic mass is 16.3. The molecule has 1 aromatic carbocycles. The number of amides is 4. The molecular formula is C18H23N3O4. The van der Waals surface area contributed by atoms with E-state index in [0.717, 1.165) is 37.7 Å². The number of aryl methyl sites for hydroxylation is 1. The number of nitrogens with zero attached hydrogens (tertiary/aromatic N) is 2. The first-order chi connectivity index (χ1) is 12.0. The molecule has 0 aromatic heterocycles. The number of imide groups is 1. The number of phenolic OH excluding ortho intramolecular Hbond substituents is 1. The topological polar surface area (TPSA) is 90.0 Å². The van der Waals surface area contributed by atoms with Gasteiger partial charge in [-0.25, -0.2) is 4.79 Å². The van der Waals surface area contributed by atoms with E-state index in [2.05, 4.69) is 5.32 Å². The molecule has 7 nitrogen and oxygen atoms in total. The maximum Gasteiger partial charge on any atom is 0.325 e. The van der Waals surface area contributed by atoms with Gasteiger partial charge in [-0.1, -0.05) is 12.1 Å². The Morgan fingerprint density at radius 3 is 2.64 bits per heavy atom. The summed E-state index contributed by atoms with van der Waals surface area (Å²) in [6.07, 6.45) is 4.69. The van der Waals surface area contributed by atoms with E-state index in [1.807, 2.05) is 17.0 Å². The van der Waals surface area contributed by atoms with Gasteiger partial charge in [0.1, 0.15) is 18.8 Å². The lowest BCUT2D eigenvalue weighted by molar-refractivity contribution is -0.135. The van der Waals surface area contributed by atoms with Crippen LogP contribution in [-0.2, 0) is 16.0 Å². The van der Waals surface area contributed by atoms with Crippen molar-refractivity contribution in [2.24, 2.45) is 0 Å². The van der Waals surface area contributed by atoms with Crippen LogP contribution in [0.4, 0.5) is 4.79 Å². The Hall–Kier alpha value is -2.57. The van der Waals surface area contributed by atoms with Gasteiger partial charge in [-0.3, -0.25) is 14.9 Å². The highest BCUT2D eigenvalue weighted by molar-refractivity contribution is 6.03. The van der Waals surface area contributed by atoms with Gasteiger partial charge < -0.3 is 14.9 Å². The minimum atomic E-state index is -0.490. The minimum absolute atomic E-state index is 0.0451. The summed E-state index contributed by atoms with van der Waals surface area (Å²) in [5, 5.41) is 11.5. The molecule has 0 spiro atoms. The van der Waals surface area contributed by atoms with Crippen molar-refractivity contribution in [3.05, 3.63) is 29.8 Å². The van der Waals surface area contributed by atoms with Crippen LogP contribution < -0.4 is 5.32 Å². The Bertz CT molecular complexity index is 659. The van der Waals surface area contributed by atoms with Crippen LogP contribution >= 0.6 is 0 Å². The molecule has 0 radical (unpaired) electrons. The van der Waals surface area contributed by atoms with Gasteiger partial charge in [0.05, 0.1) is 0 Å². The quantitative estimate of drug-likeness (QED) is 0.786. The summed E-state index contributed by atoms with van der Waals surface area (Å²) in [7, 11) is 0. The predicted octanol–water partition coefficient (Wildman–Crippen LogP) is 1.26. The van der Waals surface area contributed by atoms with Crippen LogP contribution in [0.25, 0.3) is 0 Å². The molecule has 1 atom stereocenters. The van der Waals surface area contributed by atoms with Crippen molar-refractivity contribution < 1.29 is 19.5 Å². The third kappa shape index (κ3) is 4.29. The highest BCUT2D eigenvalue weighted by Crippen LogP contribution is 2.22. The number of rotatable bonds is 5. The molecule has 0 unspecified atom stereocenters. The molecule has 7 heteroatoms. The molecule has 0 saturated carbocycles. The third-order valence-corrected chi connectivity index (χ3v) is 4.84. The number of phenols is 1. The number of carbonyl (C=O) groups is 3. The van der Waals surface area contributed by atoms with Crippen LogP contribution in [0.2, 0.25) is 0 Å². The maximum absolute atomic E-state index is 12.6. The minimum Gasteiger partial charge on any atom is -0.508 e. The Morgan fingerprint density at radius 2 is 1.96 bits per heavy atom. The van der Waals surface area contributed by atoms with Crippen LogP contribution in [0.5, 0.6) is 5.75 Å². The fraction of sp³-hybridized carbons (Fsp3) is 0.500. The number of carbonyl (C=O) groups excluding carboxylic acids is 3. The number of benzene rings is 1. The van der Waals surface area contributed by atoms with Crippen LogP contribution in [0.15, 0.2) is 24.3 Å². The second kappa shape index (κ2) is 7.55. The first-order valence-electron chi connectivity index (χ1n) is 8.69. The van der Waals surface area contributed by atoms with Crippen molar-refractivity contribution in [3.63, 3.8) is 0 Å². The maximum atomic E-state index is 12.6. The molecule has 0 bridgehead atoms. The van der Waals surface area contributed by atoms with Crippen LogP contribution in [-0.4, -0.2) is 58.4 Å². The number of aromatic hydroxyl groups is 1. The van der Waals surface area contributed by atoms with Crippen molar-refractivity contribution in [2.75, 3.05) is 19.6 Å². The van der Waals surface area contributed by atoms with Crippen LogP contribution in [0.3, 0.4) is 0 Å². The summed E-state index contributed by atoms with van der Waals surface area (Å²) in [5.41, 5.74) is 1.13. The Kier molecular flexibility index (Phi) is 5.21. The Morgan fingerprint density at radius 1 is 1.20 bits per heavy atom. The fourth-order valence-corrected chi connectivity index (χ4v) is 3.49. The van der Waals surface area contributed by atoms with E-state index in [1.54, 1.807) is 12.1 Å². The zero-order valence-corrected chi connectivity index (χ0v) is 14.1. The lowest BCUT2D eigenvalue weighted by Gasteiger charge is -2.36. The van der Waals surface area contributed by atoms with Gasteiger partial charge >= 0.3 is 6.03 Å². The van der Waals surface area contributed by atoms with E-state index in [1.165, 1.54) is 4.90 Å². The summed E-state index contributed by atoms with van der Waals surface area (Å²) in [6, 6.07) is 6.78. The molecule has 25 heavy (non-hydrogen) atoms. The highest BCUT2D eigenvalue weighted by Gasteiger charge is 2.32. The number of hydrogen-bond donors (Lipinski definition) is 2. The first-order valence-corrected chi connectivity index (χ1v) is 8.69. The number of likely N-dealkylation sites (tertiary alicyclic amines) is 1. The van der Waals surface area contributed by atoms with Gasteiger partial charge in [0.2, 0.25) is 11.8 Å². The van der Waals surface area contributed by atoms with E-state index in [-0.39, 0.29) is 36.7 Å². The third-order valence-electron chi connectivity index (χ3n) is 4.84. The van der Waals surface area contributed by atoms with Crippen molar-refractivity contribution >= 4 is 17.8 Å².